The average Bonchev–Trinajstić information content (AvgIpc) is 3.30. The van der Waals surface area contributed by atoms with Gasteiger partial charge in [-0.05, 0) is 43.0 Å². The molecule has 0 spiro atoms. The van der Waals surface area contributed by atoms with E-state index in [2.05, 4.69) is 15.3 Å². The number of pyridine rings is 2. The summed E-state index contributed by atoms with van der Waals surface area (Å²) in [6.07, 6.45) is 4.17. The van der Waals surface area contributed by atoms with Gasteiger partial charge in [0.05, 0.1) is 11.4 Å². The summed E-state index contributed by atoms with van der Waals surface area (Å²) >= 11 is 0. The summed E-state index contributed by atoms with van der Waals surface area (Å²) in [6, 6.07) is 11.1. The van der Waals surface area contributed by atoms with E-state index in [0.29, 0.717) is 11.6 Å². The molecule has 96 valence electrons. The Morgan fingerprint density at radius 1 is 1.16 bits per heavy atom. The van der Waals surface area contributed by atoms with Crippen LogP contribution < -0.4 is 5.32 Å². The van der Waals surface area contributed by atoms with Crippen LogP contribution in [0.15, 0.2) is 42.6 Å². The molecular weight excluding hydrogens is 238 g/mol. The number of nitrogens with zero attached hydrogens (tertiary/aromatic N) is 2. The Hall–Kier alpha value is -2.23. The van der Waals surface area contributed by atoms with E-state index in [-0.39, 0.29) is 5.91 Å². The second-order valence-electron chi connectivity index (χ2n) is 4.78. The molecular formula is C15H15N3O. The first-order valence-corrected chi connectivity index (χ1v) is 6.49. The highest BCUT2D eigenvalue weighted by Gasteiger charge is 2.22. The number of nitrogens with one attached hydrogen (secondary N) is 1. The second-order valence-corrected chi connectivity index (χ2v) is 4.78. The molecule has 2 aromatic heterocycles. The summed E-state index contributed by atoms with van der Waals surface area (Å²) in [5, 5.41) is 2.92. The summed E-state index contributed by atoms with van der Waals surface area (Å²) in [5.74, 6) is 0.563. The number of hydrogen-bond donors (Lipinski definition) is 1. The van der Waals surface area contributed by atoms with Crippen LogP contribution in [0.2, 0.25) is 0 Å². The minimum Gasteiger partial charge on any atom is -0.350 e. The van der Waals surface area contributed by atoms with Crippen LogP contribution in [0.25, 0.3) is 11.4 Å². The lowest BCUT2D eigenvalue weighted by Crippen LogP contribution is -2.26. The minimum atomic E-state index is -0.107. The van der Waals surface area contributed by atoms with Gasteiger partial charge in [-0.2, -0.15) is 0 Å². The Bertz CT molecular complexity index is 579. The molecule has 0 aliphatic heterocycles. The summed E-state index contributed by atoms with van der Waals surface area (Å²) in [7, 11) is 0. The van der Waals surface area contributed by atoms with E-state index in [4.69, 9.17) is 0 Å². The van der Waals surface area contributed by atoms with E-state index < -0.39 is 0 Å². The predicted molar refractivity (Wildman–Crippen MR) is 72.5 cm³/mol. The van der Waals surface area contributed by atoms with Crippen LogP contribution in [0, 0.1) is 5.92 Å². The van der Waals surface area contributed by atoms with E-state index in [1.54, 1.807) is 12.3 Å². The van der Waals surface area contributed by atoms with Gasteiger partial charge in [-0.15, -0.1) is 0 Å². The van der Waals surface area contributed by atoms with Crippen molar-refractivity contribution in [2.45, 2.75) is 12.8 Å². The summed E-state index contributed by atoms with van der Waals surface area (Å²) in [6.45, 7) is 0.758. The molecule has 1 saturated carbocycles. The normalized spacial score (nSPS) is 14.1. The third-order valence-electron chi connectivity index (χ3n) is 3.16. The van der Waals surface area contributed by atoms with Gasteiger partial charge in [0.25, 0.3) is 5.91 Å². The van der Waals surface area contributed by atoms with Crippen molar-refractivity contribution in [1.29, 1.82) is 0 Å². The third-order valence-corrected chi connectivity index (χ3v) is 3.16. The standard InChI is InChI=1S/C15H15N3O/c19-15(17-10-11-7-8-11)14-6-3-5-13(18-14)12-4-1-2-9-16-12/h1-6,9,11H,7-8,10H2,(H,17,19). The largest absolute Gasteiger partial charge is 0.350 e. The molecule has 1 N–H and O–H groups in total. The lowest BCUT2D eigenvalue weighted by atomic mass is 10.2. The van der Waals surface area contributed by atoms with Crippen LogP contribution in [-0.2, 0) is 0 Å². The molecule has 1 aliphatic carbocycles. The van der Waals surface area contributed by atoms with Crippen molar-refractivity contribution in [3.63, 3.8) is 0 Å². The minimum absolute atomic E-state index is 0.107. The maximum Gasteiger partial charge on any atom is 0.269 e. The molecule has 0 unspecified atom stereocenters. The molecule has 3 rings (SSSR count). The van der Waals surface area contributed by atoms with E-state index >= 15 is 0 Å². The highest BCUT2D eigenvalue weighted by atomic mass is 16.1. The van der Waals surface area contributed by atoms with Gasteiger partial charge in [0.1, 0.15) is 5.69 Å². The van der Waals surface area contributed by atoms with E-state index in [1.807, 2.05) is 30.3 Å². The lowest BCUT2D eigenvalue weighted by Gasteiger charge is -2.05. The lowest BCUT2D eigenvalue weighted by molar-refractivity contribution is 0.0947. The van der Waals surface area contributed by atoms with Crippen LogP contribution in [-0.4, -0.2) is 22.4 Å². The Morgan fingerprint density at radius 3 is 2.74 bits per heavy atom. The topological polar surface area (TPSA) is 54.9 Å². The molecule has 4 nitrogen and oxygen atoms in total. The smallest absolute Gasteiger partial charge is 0.269 e. The zero-order chi connectivity index (χ0) is 13.1. The van der Waals surface area contributed by atoms with Gasteiger partial charge in [0.15, 0.2) is 0 Å². The van der Waals surface area contributed by atoms with Crippen LogP contribution in [0.5, 0.6) is 0 Å². The van der Waals surface area contributed by atoms with E-state index in [9.17, 15) is 4.79 Å². The number of carbonyl (C=O) groups excluding carboxylic acids is 1. The Morgan fingerprint density at radius 2 is 2.00 bits per heavy atom. The maximum absolute atomic E-state index is 12.0. The molecule has 0 aromatic carbocycles. The molecule has 2 heterocycles. The monoisotopic (exact) mass is 253 g/mol. The molecule has 0 saturated heterocycles. The van der Waals surface area contributed by atoms with E-state index in [0.717, 1.165) is 17.9 Å². The van der Waals surface area contributed by atoms with Gasteiger partial charge in [-0.1, -0.05) is 12.1 Å². The molecule has 0 radical (unpaired) electrons. The molecule has 19 heavy (non-hydrogen) atoms. The van der Waals surface area contributed by atoms with Crippen molar-refractivity contribution in [3.8, 4) is 11.4 Å². The van der Waals surface area contributed by atoms with Crippen molar-refractivity contribution >= 4 is 5.91 Å². The van der Waals surface area contributed by atoms with Crippen LogP contribution >= 0.6 is 0 Å². The van der Waals surface area contributed by atoms with Gasteiger partial charge < -0.3 is 5.32 Å². The fraction of sp³-hybridized carbons (Fsp3) is 0.267. The van der Waals surface area contributed by atoms with Crippen molar-refractivity contribution in [2.24, 2.45) is 5.92 Å². The molecule has 0 atom stereocenters. The van der Waals surface area contributed by atoms with Gasteiger partial charge in [-0.25, -0.2) is 4.98 Å². The SMILES string of the molecule is O=C(NCC1CC1)c1cccc(-c2ccccn2)n1. The average molecular weight is 253 g/mol. The quantitative estimate of drug-likeness (QED) is 0.909. The summed E-state index contributed by atoms with van der Waals surface area (Å²) < 4.78 is 0. The van der Waals surface area contributed by atoms with E-state index in [1.165, 1.54) is 12.8 Å². The van der Waals surface area contributed by atoms with Gasteiger partial charge >= 0.3 is 0 Å². The van der Waals surface area contributed by atoms with Gasteiger partial charge in [-0.3, -0.25) is 9.78 Å². The van der Waals surface area contributed by atoms with Crippen LogP contribution in [0.1, 0.15) is 23.3 Å². The fourth-order valence-electron chi connectivity index (χ4n) is 1.87. The first kappa shape index (κ1) is 11.8. The van der Waals surface area contributed by atoms with Crippen molar-refractivity contribution in [1.82, 2.24) is 15.3 Å². The zero-order valence-corrected chi connectivity index (χ0v) is 10.5. The molecule has 4 heteroatoms. The predicted octanol–water partition coefficient (Wildman–Crippen LogP) is 2.28. The number of hydrogen-bond acceptors (Lipinski definition) is 3. The number of aromatic nitrogens is 2. The third kappa shape index (κ3) is 2.96. The van der Waals surface area contributed by atoms with Gasteiger partial charge in [0, 0.05) is 12.7 Å². The Kier molecular flexibility index (Phi) is 3.23. The van der Waals surface area contributed by atoms with Crippen molar-refractivity contribution in [3.05, 3.63) is 48.3 Å². The van der Waals surface area contributed by atoms with Crippen LogP contribution in [0.3, 0.4) is 0 Å². The molecule has 1 aliphatic rings. The zero-order valence-electron chi connectivity index (χ0n) is 10.5. The van der Waals surface area contributed by atoms with Crippen molar-refractivity contribution in [2.75, 3.05) is 6.54 Å². The number of rotatable bonds is 4. The van der Waals surface area contributed by atoms with Gasteiger partial charge in [0.2, 0.25) is 0 Å². The maximum atomic E-state index is 12.0. The summed E-state index contributed by atoms with van der Waals surface area (Å²) in [4.78, 5) is 20.6. The first-order valence-electron chi connectivity index (χ1n) is 6.49. The summed E-state index contributed by atoms with van der Waals surface area (Å²) in [5.41, 5.74) is 1.95. The highest BCUT2D eigenvalue weighted by Crippen LogP contribution is 2.27. The fourth-order valence-corrected chi connectivity index (χ4v) is 1.87. The molecule has 1 amide bonds. The highest BCUT2D eigenvalue weighted by molar-refractivity contribution is 5.92. The number of carbonyl (C=O) groups is 1. The Balaban J connectivity index is 1.77. The van der Waals surface area contributed by atoms with Crippen LogP contribution in [0.4, 0.5) is 0 Å². The first-order chi connectivity index (χ1) is 9.33. The second kappa shape index (κ2) is 5.18. The molecule has 2 aromatic rings. The Labute approximate surface area is 111 Å². The number of amides is 1. The molecule has 1 fully saturated rings. The molecule has 0 bridgehead atoms. The van der Waals surface area contributed by atoms with Crippen molar-refractivity contribution < 1.29 is 4.79 Å².